The summed E-state index contributed by atoms with van der Waals surface area (Å²) in [5.74, 6) is -0.878. The minimum absolute atomic E-state index is 0.0126. The molecule has 0 fully saturated rings. The summed E-state index contributed by atoms with van der Waals surface area (Å²) >= 11 is 6.27. The Balaban J connectivity index is 1.55. The van der Waals surface area contributed by atoms with Gasteiger partial charge in [0.15, 0.2) is 11.6 Å². The third-order valence-corrected chi connectivity index (χ3v) is 10.8. The number of halogens is 1. The Labute approximate surface area is 292 Å². The number of nitrogens with zero attached hydrogens (tertiary/aromatic N) is 3. The Morgan fingerprint density at radius 2 is 1.30 bits per heavy atom. The number of carbonyl (C=O) groups excluding carboxylic acids is 2. The second kappa shape index (κ2) is 12.7. The predicted molar refractivity (Wildman–Crippen MR) is 185 cm³/mol. The van der Waals surface area contributed by atoms with Gasteiger partial charge in [-0.1, -0.05) is 54.6 Å². The molecular weight excluding hydrogens is 706 g/mol. The number of nitrogen functional groups attached to an aromatic ring is 1. The topological polar surface area (TPSA) is 220 Å². The third-order valence-electron chi connectivity index (χ3n) is 8.57. The standard InChI is InChI=1S/C34H28ClN5O8S2/c1-16-22(14-26-38-25(39-34(35)40-26)13-19-9-5-4-6-10-19)17(2)33(50(46,47)48)18(3)30(16)37-23-15-24(49(43,44)45)29(36)28-27(23)31(41)20-11-7-8-12-21(20)32(28)42/h4-12,15,37H,13-14,36H2,1-3H3,(H,43,44,45)(H,46,47,48). The molecule has 13 nitrogen and oxygen atoms in total. The van der Waals surface area contributed by atoms with Gasteiger partial charge in [-0.05, 0) is 66.3 Å². The predicted octanol–water partition coefficient (Wildman–Crippen LogP) is 5.23. The molecule has 4 aromatic carbocycles. The number of benzene rings is 4. The fraction of sp³-hybridized carbons (Fsp3) is 0.147. The summed E-state index contributed by atoms with van der Waals surface area (Å²) in [7, 11) is -9.92. The van der Waals surface area contributed by atoms with Gasteiger partial charge in [0, 0.05) is 29.7 Å². The Hall–Kier alpha value is -5.06. The summed E-state index contributed by atoms with van der Waals surface area (Å²) in [6.45, 7) is 4.54. The van der Waals surface area contributed by atoms with Crippen molar-refractivity contribution >= 4 is 60.5 Å². The molecule has 50 heavy (non-hydrogen) atoms. The number of ketones is 2. The number of fused-ring (bicyclic) bond motifs is 2. The number of hydrogen-bond acceptors (Lipinski definition) is 11. The molecule has 0 amide bonds. The SMILES string of the molecule is Cc1c(Cc2nc(Cl)nc(Cc3ccccc3)n2)c(C)c(S(=O)(=O)O)c(C)c1Nc1cc(S(=O)(=O)O)c(N)c2c1C(=O)c1ccccc1C2=O. The van der Waals surface area contributed by atoms with E-state index in [1.54, 1.807) is 13.0 Å². The van der Waals surface area contributed by atoms with Crippen LogP contribution in [-0.2, 0) is 33.1 Å². The average Bonchev–Trinajstić information content (AvgIpc) is 3.03. The van der Waals surface area contributed by atoms with Crippen LogP contribution < -0.4 is 11.1 Å². The van der Waals surface area contributed by atoms with E-state index in [-0.39, 0.29) is 56.7 Å². The number of rotatable bonds is 8. The maximum atomic E-state index is 13.9. The van der Waals surface area contributed by atoms with Gasteiger partial charge in [-0.15, -0.1) is 0 Å². The van der Waals surface area contributed by atoms with E-state index in [1.165, 1.54) is 32.0 Å². The van der Waals surface area contributed by atoms with Crippen LogP contribution >= 0.6 is 11.6 Å². The first-order valence-corrected chi connectivity index (χ1v) is 18.2. The van der Waals surface area contributed by atoms with Crippen molar-refractivity contribution in [3.63, 3.8) is 0 Å². The second-order valence-electron chi connectivity index (χ2n) is 11.7. The smallest absolute Gasteiger partial charge is 0.296 e. The fourth-order valence-electron chi connectivity index (χ4n) is 6.36. The lowest BCUT2D eigenvalue weighted by molar-refractivity contribution is 0.0980. The van der Waals surface area contributed by atoms with Gasteiger partial charge in [-0.2, -0.15) is 16.8 Å². The van der Waals surface area contributed by atoms with E-state index in [4.69, 9.17) is 17.3 Å². The average molecular weight is 734 g/mol. The van der Waals surface area contributed by atoms with E-state index in [1.807, 2.05) is 30.3 Å². The van der Waals surface area contributed by atoms with Crippen LogP contribution in [0.25, 0.3) is 0 Å². The number of carbonyl (C=O) groups is 2. The second-order valence-corrected chi connectivity index (χ2v) is 14.8. The Morgan fingerprint density at radius 3 is 1.88 bits per heavy atom. The van der Waals surface area contributed by atoms with Gasteiger partial charge in [0.05, 0.1) is 22.5 Å². The number of aromatic nitrogens is 3. The molecule has 0 saturated carbocycles. The van der Waals surface area contributed by atoms with Crippen molar-refractivity contribution < 1.29 is 35.5 Å². The first kappa shape index (κ1) is 34.8. The van der Waals surface area contributed by atoms with E-state index >= 15 is 0 Å². The normalized spacial score (nSPS) is 12.8. The first-order chi connectivity index (χ1) is 23.5. The summed E-state index contributed by atoms with van der Waals surface area (Å²) < 4.78 is 71.1. The van der Waals surface area contributed by atoms with Gasteiger partial charge >= 0.3 is 0 Å². The molecule has 16 heteroatoms. The van der Waals surface area contributed by atoms with Gasteiger partial charge in [0.1, 0.15) is 21.4 Å². The monoisotopic (exact) mass is 733 g/mol. The van der Waals surface area contributed by atoms with Crippen LogP contribution in [0.1, 0.15) is 71.3 Å². The highest BCUT2D eigenvalue weighted by atomic mass is 35.5. The summed E-state index contributed by atoms with van der Waals surface area (Å²) in [5, 5.41) is 2.86. The Kier molecular flexibility index (Phi) is 8.82. The van der Waals surface area contributed by atoms with Gasteiger partial charge in [-0.3, -0.25) is 18.7 Å². The number of nitrogens with one attached hydrogen (secondary N) is 1. The van der Waals surface area contributed by atoms with E-state index in [0.29, 0.717) is 23.4 Å². The van der Waals surface area contributed by atoms with Crippen LogP contribution in [0.4, 0.5) is 17.1 Å². The van der Waals surface area contributed by atoms with Gasteiger partial charge in [0.25, 0.3) is 20.2 Å². The molecule has 1 aliphatic carbocycles. The molecule has 0 saturated heterocycles. The minimum atomic E-state index is -5.04. The fourth-order valence-corrected chi connectivity index (χ4v) is 8.20. The first-order valence-electron chi connectivity index (χ1n) is 14.9. The molecule has 0 unspecified atom stereocenters. The lowest BCUT2D eigenvalue weighted by atomic mass is 9.82. The molecule has 5 aromatic rings. The molecule has 0 radical (unpaired) electrons. The maximum absolute atomic E-state index is 13.9. The van der Waals surface area contributed by atoms with E-state index < -0.39 is 52.8 Å². The maximum Gasteiger partial charge on any atom is 0.296 e. The highest BCUT2D eigenvalue weighted by Gasteiger charge is 2.37. The van der Waals surface area contributed by atoms with Crippen LogP contribution in [-0.4, -0.2) is 52.5 Å². The molecule has 256 valence electrons. The largest absolute Gasteiger partial charge is 0.397 e. The molecule has 1 aliphatic rings. The summed E-state index contributed by atoms with van der Waals surface area (Å²) in [5.41, 5.74) is 6.42. The van der Waals surface area contributed by atoms with Crippen LogP contribution in [0.5, 0.6) is 0 Å². The molecule has 6 rings (SSSR count). The van der Waals surface area contributed by atoms with Crippen LogP contribution in [0.3, 0.4) is 0 Å². The van der Waals surface area contributed by atoms with E-state index in [9.17, 15) is 35.5 Å². The Morgan fingerprint density at radius 1 is 0.740 bits per heavy atom. The van der Waals surface area contributed by atoms with Gasteiger partial charge < -0.3 is 11.1 Å². The molecular formula is C34H28ClN5O8S2. The number of nitrogens with two attached hydrogens (primary N) is 1. The van der Waals surface area contributed by atoms with Crippen molar-refractivity contribution in [2.45, 2.75) is 43.4 Å². The summed E-state index contributed by atoms with van der Waals surface area (Å²) in [4.78, 5) is 39.3. The number of hydrogen-bond donors (Lipinski definition) is 4. The zero-order valence-corrected chi connectivity index (χ0v) is 29.0. The third kappa shape index (κ3) is 6.25. The van der Waals surface area contributed by atoms with Gasteiger partial charge in [0.2, 0.25) is 5.28 Å². The lowest BCUT2D eigenvalue weighted by Gasteiger charge is -2.26. The zero-order valence-electron chi connectivity index (χ0n) is 26.6. The highest BCUT2D eigenvalue weighted by molar-refractivity contribution is 7.86. The van der Waals surface area contributed by atoms with Crippen LogP contribution in [0.2, 0.25) is 5.28 Å². The van der Waals surface area contributed by atoms with Crippen molar-refractivity contribution in [3.8, 4) is 0 Å². The molecule has 1 aromatic heterocycles. The molecule has 0 bridgehead atoms. The molecule has 0 aliphatic heterocycles. The molecule has 0 spiro atoms. The van der Waals surface area contributed by atoms with Crippen LogP contribution in [0.15, 0.2) is 70.5 Å². The van der Waals surface area contributed by atoms with Crippen molar-refractivity contribution in [1.82, 2.24) is 15.0 Å². The quantitative estimate of drug-likeness (QED) is 0.116. The van der Waals surface area contributed by atoms with Crippen molar-refractivity contribution in [2.24, 2.45) is 0 Å². The summed E-state index contributed by atoms with van der Waals surface area (Å²) in [6.07, 6.45) is 0.249. The highest BCUT2D eigenvalue weighted by Crippen LogP contribution is 2.42. The van der Waals surface area contributed by atoms with Crippen molar-refractivity contribution in [3.05, 3.63) is 128 Å². The number of anilines is 3. The molecule has 5 N–H and O–H groups in total. The molecule has 0 atom stereocenters. The van der Waals surface area contributed by atoms with Crippen molar-refractivity contribution in [2.75, 3.05) is 11.1 Å². The molecule has 1 heterocycles. The van der Waals surface area contributed by atoms with E-state index in [0.717, 1.165) is 11.6 Å². The van der Waals surface area contributed by atoms with Gasteiger partial charge in [-0.25, -0.2) is 15.0 Å². The van der Waals surface area contributed by atoms with Crippen molar-refractivity contribution in [1.29, 1.82) is 0 Å². The zero-order chi connectivity index (χ0) is 36.3. The lowest BCUT2D eigenvalue weighted by Crippen LogP contribution is -2.25. The van der Waals surface area contributed by atoms with E-state index in [2.05, 4.69) is 20.3 Å². The summed E-state index contributed by atoms with van der Waals surface area (Å²) in [6, 6.07) is 16.2. The Bertz CT molecular complexity index is 2510. The van der Waals surface area contributed by atoms with Crippen LogP contribution in [0, 0.1) is 20.8 Å². The minimum Gasteiger partial charge on any atom is -0.397 e.